The number of nitrogens with zero attached hydrogens (tertiary/aromatic N) is 4. The van der Waals surface area contributed by atoms with E-state index < -0.39 is 0 Å². The zero-order chi connectivity index (χ0) is 18.0. The van der Waals surface area contributed by atoms with Gasteiger partial charge < -0.3 is 9.80 Å². The number of hydrogen-bond acceptors (Lipinski definition) is 3. The molecule has 1 atom stereocenters. The van der Waals surface area contributed by atoms with E-state index in [1.807, 2.05) is 48.0 Å². The lowest BCUT2D eigenvalue weighted by molar-refractivity contribution is -0.120. The summed E-state index contributed by atoms with van der Waals surface area (Å²) in [6, 6.07) is 11.6. The fourth-order valence-corrected chi connectivity index (χ4v) is 3.10. The number of aromatic nitrogens is 2. The highest BCUT2D eigenvalue weighted by atomic mass is 16.2. The Labute approximate surface area is 148 Å². The molecule has 3 rings (SSSR count). The van der Waals surface area contributed by atoms with Gasteiger partial charge in [-0.25, -0.2) is 0 Å². The van der Waals surface area contributed by atoms with Gasteiger partial charge in [-0.1, -0.05) is 25.1 Å². The molecule has 1 saturated heterocycles. The van der Waals surface area contributed by atoms with Gasteiger partial charge in [0.05, 0.1) is 0 Å². The van der Waals surface area contributed by atoms with Crippen LogP contribution in [0.1, 0.15) is 42.5 Å². The third-order valence-electron chi connectivity index (χ3n) is 4.73. The fraction of sp³-hybridized carbons (Fsp3) is 0.421. The van der Waals surface area contributed by atoms with Crippen LogP contribution in [-0.2, 0) is 4.79 Å². The topological polar surface area (TPSA) is 58.4 Å². The Bertz CT molecular complexity index is 769. The van der Waals surface area contributed by atoms with Crippen LogP contribution in [0.5, 0.6) is 0 Å². The van der Waals surface area contributed by atoms with Gasteiger partial charge in [0.2, 0.25) is 5.91 Å². The van der Waals surface area contributed by atoms with E-state index in [1.54, 1.807) is 9.80 Å². The van der Waals surface area contributed by atoms with Gasteiger partial charge in [0.25, 0.3) is 5.91 Å². The molecule has 0 N–H and O–H groups in total. The standard InChI is InChI=1S/C19H24N4O2/c1-4-14(2)23-15(3)12-17(20-23)19(25)21-10-11-22(18(24)13-21)16-8-6-5-7-9-16/h5-9,12,14H,4,10-11,13H2,1-3H3. The number of aryl methyl sites for hydroxylation is 1. The summed E-state index contributed by atoms with van der Waals surface area (Å²) in [6.07, 6.45) is 0.949. The van der Waals surface area contributed by atoms with Crippen molar-refractivity contribution in [3.05, 3.63) is 47.8 Å². The van der Waals surface area contributed by atoms with Gasteiger partial charge in [-0.05, 0) is 38.5 Å². The third-order valence-corrected chi connectivity index (χ3v) is 4.73. The number of anilines is 1. The van der Waals surface area contributed by atoms with Crippen molar-refractivity contribution in [2.45, 2.75) is 33.2 Å². The summed E-state index contributed by atoms with van der Waals surface area (Å²) >= 11 is 0. The van der Waals surface area contributed by atoms with Gasteiger partial charge in [-0.15, -0.1) is 0 Å². The Morgan fingerprint density at radius 3 is 2.60 bits per heavy atom. The molecule has 6 heteroatoms. The number of piperazine rings is 1. The van der Waals surface area contributed by atoms with Gasteiger partial charge in [-0.3, -0.25) is 14.3 Å². The van der Waals surface area contributed by atoms with E-state index in [0.29, 0.717) is 18.8 Å². The largest absolute Gasteiger partial charge is 0.326 e. The van der Waals surface area contributed by atoms with Gasteiger partial charge in [0.1, 0.15) is 6.54 Å². The van der Waals surface area contributed by atoms with Crippen molar-refractivity contribution in [1.29, 1.82) is 0 Å². The van der Waals surface area contributed by atoms with Crippen LogP contribution in [0, 0.1) is 6.92 Å². The Kier molecular flexibility index (Phi) is 4.88. The quantitative estimate of drug-likeness (QED) is 0.860. The van der Waals surface area contributed by atoms with Crippen LogP contribution in [0.15, 0.2) is 36.4 Å². The molecule has 2 aromatic rings. The molecule has 1 aliphatic heterocycles. The first kappa shape index (κ1) is 17.2. The minimum atomic E-state index is -0.175. The van der Waals surface area contributed by atoms with E-state index in [-0.39, 0.29) is 24.4 Å². The Morgan fingerprint density at radius 2 is 1.96 bits per heavy atom. The van der Waals surface area contributed by atoms with Crippen molar-refractivity contribution >= 4 is 17.5 Å². The fourth-order valence-electron chi connectivity index (χ4n) is 3.10. The molecule has 1 aromatic heterocycles. The van der Waals surface area contributed by atoms with Crippen molar-refractivity contribution in [3.63, 3.8) is 0 Å². The molecule has 2 heterocycles. The van der Waals surface area contributed by atoms with Gasteiger partial charge in [-0.2, -0.15) is 5.10 Å². The Morgan fingerprint density at radius 1 is 1.24 bits per heavy atom. The average Bonchev–Trinajstić information content (AvgIpc) is 3.02. The number of carbonyl (C=O) groups excluding carboxylic acids is 2. The molecule has 0 spiro atoms. The minimum absolute atomic E-state index is 0.0659. The van der Waals surface area contributed by atoms with Crippen LogP contribution in [0.25, 0.3) is 0 Å². The van der Waals surface area contributed by atoms with Crippen LogP contribution in [-0.4, -0.2) is 46.1 Å². The van der Waals surface area contributed by atoms with E-state index in [4.69, 9.17) is 0 Å². The third kappa shape index (κ3) is 3.43. The maximum Gasteiger partial charge on any atom is 0.274 e. The highest BCUT2D eigenvalue weighted by Crippen LogP contribution is 2.19. The monoisotopic (exact) mass is 340 g/mol. The SMILES string of the molecule is CCC(C)n1nc(C(=O)N2CCN(c3ccccc3)C(=O)C2)cc1C. The molecule has 2 amide bonds. The van der Waals surface area contributed by atoms with Gasteiger partial charge in [0, 0.05) is 30.5 Å². The summed E-state index contributed by atoms with van der Waals surface area (Å²) in [5.74, 6) is -0.241. The average molecular weight is 340 g/mol. The Balaban J connectivity index is 1.72. The van der Waals surface area contributed by atoms with E-state index in [9.17, 15) is 9.59 Å². The van der Waals surface area contributed by atoms with Gasteiger partial charge >= 0.3 is 0 Å². The van der Waals surface area contributed by atoms with E-state index in [1.165, 1.54) is 0 Å². The van der Waals surface area contributed by atoms with E-state index in [2.05, 4.69) is 18.9 Å². The molecule has 1 aliphatic rings. The number of carbonyl (C=O) groups is 2. The highest BCUT2D eigenvalue weighted by Gasteiger charge is 2.30. The zero-order valence-electron chi connectivity index (χ0n) is 15.0. The number of benzene rings is 1. The Hall–Kier alpha value is -2.63. The van der Waals surface area contributed by atoms with E-state index in [0.717, 1.165) is 17.8 Å². The first-order valence-corrected chi connectivity index (χ1v) is 8.72. The van der Waals surface area contributed by atoms with Crippen molar-refractivity contribution in [2.24, 2.45) is 0 Å². The summed E-state index contributed by atoms with van der Waals surface area (Å²) in [4.78, 5) is 28.5. The minimum Gasteiger partial charge on any atom is -0.326 e. The van der Waals surface area contributed by atoms with Crippen LogP contribution < -0.4 is 4.90 Å². The summed E-state index contributed by atoms with van der Waals surface area (Å²) in [6.45, 7) is 7.22. The normalized spacial score (nSPS) is 16.2. The second kappa shape index (κ2) is 7.09. The molecule has 0 bridgehead atoms. The van der Waals surface area contributed by atoms with Crippen LogP contribution in [0.4, 0.5) is 5.69 Å². The highest BCUT2D eigenvalue weighted by molar-refractivity contribution is 6.01. The van der Waals surface area contributed by atoms with Crippen molar-refractivity contribution in [1.82, 2.24) is 14.7 Å². The number of hydrogen-bond donors (Lipinski definition) is 0. The molecule has 0 saturated carbocycles. The smallest absolute Gasteiger partial charge is 0.274 e. The molecular weight excluding hydrogens is 316 g/mol. The lowest BCUT2D eigenvalue weighted by Gasteiger charge is -2.34. The summed E-state index contributed by atoms with van der Waals surface area (Å²) in [5.41, 5.74) is 2.25. The number of amides is 2. The molecule has 0 aliphatic carbocycles. The first-order chi connectivity index (χ1) is 12.0. The van der Waals surface area contributed by atoms with E-state index >= 15 is 0 Å². The summed E-state index contributed by atoms with van der Waals surface area (Å²) < 4.78 is 1.88. The van der Waals surface area contributed by atoms with Crippen molar-refractivity contribution < 1.29 is 9.59 Å². The lowest BCUT2D eigenvalue weighted by atomic mass is 10.2. The molecule has 1 fully saturated rings. The van der Waals surface area contributed by atoms with Crippen LogP contribution in [0.3, 0.4) is 0 Å². The van der Waals surface area contributed by atoms with Crippen LogP contribution in [0.2, 0.25) is 0 Å². The predicted molar refractivity (Wildman–Crippen MR) is 96.7 cm³/mol. The van der Waals surface area contributed by atoms with Crippen molar-refractivity contribution in [2.75, 3.05) is 24.5 Å². The summed E-state index contributed by atoms with van der Waals surface area (Å²) in [7, 11) is 0. The second-order valence-corrected chi connectivity index (χ2v) is 6.48. The second-order valence-electron chi connectivity index (χ2n) is 6.48. The molecule has 1 unspecified atom stereocenters. The first-order valence-electron chi connectivity index (χ1n) is 8.72. The molecule has 132 valence electrons. The zero-order valence-corrected chi connectivity index (χ0v) is 15.0. The van der Waals surface area contributed by atoms with Crippen molar-refractivity contribution in [3.8, 4) is 0 Å². The molecule has 0 radical (unpaired) electrons. The molecule has 1 aromatic carbocycles. The number of para-hydroxylation sites is 1. The molecule has 25 heavy (non-hydrogen) atoms. The van der Waals surface area contributed by atoms with Crippen LogP contribution >= 0.6 is 0 Å². The van der Waals surface area contributed by atoms with Gasteiger partial charge in [0.15, 0.2) is 5.69 Å². The number of rotatable bonds is 4. The maximum atomic E-state index is 12.7. The lowest BCUT2D eigenvalue weighted by Crippen LogP contribution is -2.52. The maximum absolute atomic E-state index is 12.7. The predicted octanol–water partition coefficient (Wildman–Crippen LogP) is 2.65. The summed E-state index contributed by atoms with van der Waals surface area (Å²) in [5, 5.41) is 4.46. The molecule has 6 nitrogen and oxygen atoms in total. The molecular formula is C19H24N4O2.